The molecule has 2 aromatic carbocycles. The summed E-state index contributed by atoms with van der Waals surface area (Å²) in [7, 11) is -4.13. The Morgan fingerprint density at radius 2 is 1.66 bits per heavy atom. The van der Waals surface area contributed by atoms with Crippen molar-refractivity contribution in [1.82, 2.24) is 4.72 Å². The van der Waals surface area contributed by atoms with Gasteiger partial charge in [-0.05, 0) is 41.7 Å². The van der Waals surface area contributed by atoms with Crippen LogP contribution in [0.15, 0.2) is 41.3 Å². The maximum Gasteiger partial charge on any atom is 0.264 e. The van der Waals surface area contributed by atoms with Crippen molar-refractivity contribution in [2.24, 2.45) is 0 Å². The minimum absolute atomic E-state index is 0.0193. The van der Waals surface area contributed by atoms with Gasteiger partial charge in [-0.1, -0.05) is 32.9 Å². The molecule has 156 valence electrons. The van der Waals surface area contributed by atoms with Gasteiger partial charge in [-0.15, -0.1) is 0 Å². The molecule has 0 fully saturated rings. The normalized spacial score (nSPS) is 11.9. The number of hydrogen-bond donors (Lipinski definition) is 1. The van der Waals surface area contributed by atoms with E-state index in [2.05, 4.69) is 0 Å². The molecule has 0 bridgehead atoms. The van der Waals surface area contributed by atoms with Crippen molar-refractivity contribution in [3.05, 3.63) is 64.7 Å². The molecule has 1 amide bonds. The number of carbonyl (C=O) groups is 2. The Kier molecular flexibility index (Phi) is 6.57. The monoisotopic (exact) mass is 423 g/mol. The quantitative estimate of drug-likeness (QED) is 0.711. The summed E-state index contributed by atoms with van der Waals surface area (Å²) in [6.07, 6.45) is -0.863. The van der Waals surface area contributed by atoms with Crippen LogP contribution >= 0.6 is 0 Å². The SMILES string of the molecule is Cc1ccc(C(C)(C)C)cc1S(=O)(=O)NC(=O)CCC(=O)c1ccc(F)cc1F. The Hall–Kier alpha value is -2.61. The lowest BCUT2D eigenvalue weighted by molar-refractivity contribution is -0.119. The molecule has 0 saturated carbocycles. The lowest BCUT2D eigenvalue weighted by Crippen LogP contribution is -2.31. The van der Waals surface area contributed by atoms with Gasteiger partial charge in [0.2, 0.25) is 5.91 Å². The van der Waals surface area contributed by atoms with Crippen LogP contribution in [0, 0.1) is 18.6 Å². The first-order valence-corrected chi connectivity index (χ1v) is 10.4. The van der Waals surface area contributed by atoms with E-state index in [1.807, 2.05) is 31.6 Å². The molecular formula is C21H23F2NO4S. The van der Waals surface area contributed by atoms with Gasteiger partial charge in [0.05, 0.1) is 10.5 Å². The standard InChI is InChI=1S/C21H23F2NO4S/c1-13-5-6-14(21(2,3)4)11-19(13)29(27,28)24-20(26)10-9-18(25)16-8-7-15(22)12-17(16)23/h5-8,11-12H,9-10H2,1-4H3,(H,24,26). The number of carbonyl (C=O) groups excluding carboxylic acids is 2. The zero-order valence-corrected chi connectivity index (χ0v) is 17.5. The summed E-state index contributed by atoms with van der Waals surface area (Å²) >= 11 is 0. The molecular weight excluding hydrogens is 400 g/mol. The molecule has 0 saturated heterocycles. The smallest absolute Gasteiger partial charge is 0.264 e. The number of hydrogen-bond acceptors (Lipinski definition) is 4. The molecule has 0 aliphatic heterocycles. The first kappa shape index (κ1) is 22.7. The van der Waals surface area contributed by atoms with Crippen molar-refractivity contribution in [2.75, 3.05) is 0 Å². The zero-order valence-electron chi connectivity index (χ0n) is 16.7. The Morgan fingerprint density at radius 1 is 1.00 bits per heavy atom. The molecule has 0 aliphatic rings. The summed E-state index contributed by atoms with van der Waals surface area (Å²) in [6, 6.07) is 7.51. The van der Waals surface area contributed by atoms with Crippen molar-refractivity contribution in [3.8, 4) is 0 Å². The van der Waals surface area contributed by atoms with Crippen LogP contribution in [0.2, 0.25) is 0 Å². The molecule has 29 heavy (non-hydrogen) atoms. The Bertz CT molecular complexity index is 1060. The highest BCUT2D eigenvalue weighted by atomic mass is 32.2. The van der Waals surface area contributed by atoms with Crippen LogP contribution in [0.1, 0.15) is 55.1 Å². The second kappa shape index (κ2) is 8.41. The highest BCUT2D eigenvalue weighted by Crippen LogP contribution is 2.26. The fourth-order valence-electron chi connectivity index (χ4n) is 2.69. The summed E-state index contributed by atoms with van der Waals surface area (Å²) < 4.78 is 53.8. The van der Waals surface area contributed by atoms with Gasteiger partial charge in [-0.2, -0.15) is 0 Å². The number of sulfonamides is 1. The fourth-order valence-corrected chi connectivity index (χ4v) is 3.98. The first-order valence-electron chi connectivity index (χ1n) is 8.96. The highest BCUT2D eigenvalue weighted by Gasteiger charge is 2.24. The molecule has 8 heteroatoms. The van der Waals surface area contributed by atoms with E-state index in [-0.39, 0.29) is 15.9 Å². The summed E-state index contributed by atoms with van der Waals surface area (Å²) in [4.78, 5) is 24.1. The van der Waals surface area contributed by atoms with Crippen LogP contribution in [-0.4, -0.2) is 20.1 Å². The predicted molar refractivity (Wildman–Crippen MR) is 105 cm³/mol. The van der Waals surface area contributed by atoms with E-state index in [4.69, 9.17) is 0 Å². The number of Topliss-reactive ketones (excluding diaryl/α,β-unsaturated/α-hetero) is 1. The number of rotatable bonds is 6. The number of nitrogens with one attached hydrogen (secondary N) is 1. The van der Waals surface area contributed by atoms with E-state index in [1.54, 1.807) is 13.0 Å². The van der Waals surface area contributed by atoms with Crippen LogP contribution in [0.25, 0.3) is 0 Å². The van der Waals surface area contributed by atoms with Crippen molar-refractivity contribution < 1.29 is 26.8 Å². The molecule has 5 nitrogen and oxygen atoms in total. The Morgan fingerprint density at radius 3 is 2.24 bits per heavy atom. The number of halogens is 2. The van der Waals surface area contributed by atoms with E-state index in [0.29, 0.717) is 11.6 Å². The molecule has 0 atom stereocenters. The average Bonchev–Trinajstić information content (AvgIpc) is 2.58. The molecule has 0 aliphatic carbocycles. The van der Waals surface area contributed by atoms with Crippen molar-refractivity contribution in [1.29, 1.82) is 0 Å². The van der Waals surface area contributed by atoms with Crippen LogP contribution in [0.3, 0.4) is 0 Å². The lowest BCUT2D eigenvalue weighted by atomic mass is 9.87. The third-order valence-corrected chi connectivity index (χ3v) is 5.92. The molecule has 0 spiro atoms. The van der Waals surface area contributed by atoms with Crippen molar-refractivity contribution >= 4 is 21.7 Å². The number of aryl methyl sites for hydroxylation is 1. The van der Waals surface area contributed by atoms with E-state index >= 15 is 0 Å². The van der Waals surface area contributed by atoms with Crippen LogP contribution in [-0.2, 0) is 20.2 Å². The zero-order chi connectivity index (χ0) is 22.0. The molecule has 1 N–H and O–H groups in total. The van der Waals surface area contributed by atoms with Gasteiger partial charge >= 0.3 is 0 Å². The average molecular weight is 423 g/mol. The fraction of sp³-hybridized carbons (Fsp3) is 0.333. The van der Waals surface area contributed by atoms with Gasteiger partial charge in [0.1, 0.15) is 11.6 Å². The Balaban J connectivity index is 2.11. The highest BCUT2D eigenvalue weighted by molar-refractivity contribution is 7.90. The maximum absolute atomic E-state index is 13.6. The van der Waals surface area contributed by atoms with E-state index in [0.717, 1.165) is 17.7 Å². The molecule has 0 unspecified atom stereocenters. The van der Waals surface area contributed by atoms with Gasteiger partial charge < -0.3 is 0 Å². The second-order valence-electron chi connectivity index (χ2n) is 7.81. The van der Waals surface area contributed by atoms with Crippen LogP contribution in [0.4, 0.5) is 8.78 Å². The van der Waals surface area contributed by atoms with Gasteiger partial charge in [-0.25, -0.2) is 21.9 Å². The maximum atomic E-state index is 13.6. The molecule has 0 aromatic heterocycles. The van der Waals surface area contributed by atoms with Gasteiger partial charge in [0, 0.05) is 18.9 Å². The summed E-state index contributed by atoms with van der Waals surface area (Å²) in [5.41, 5.74) is 0.629. The van der Waals surface area contributed by atoms with Crippen molar-refractivity contribution in [2.45, 2.75) is 50.8 Å². The van der Waals surface area contributed by atoms with Crippen LogP contribution in [0.5, 0.6) is 0 Å². The molecule has 2 aromatic rings. The molecule has 0 heterocycles. The first-order chi connectivity index (χ1) is 13.3. The van der Waals surface area contributed by atoms with Gasteiger partial charge in [-0.3, -0.25) is 9.59 Å². The van der Waals surface area contributed by atoms with E-state index < -0.39 is 46.2 Å². The summed E-state index contributed by atoms with van der Waals surface area (Å²) in [5, 5.41) is 0. The third-order valence-electron chi connectivity index (χ3n) is 4.40. The number of benzene rings is 2. The molecule has 2 rings (SSSR count). The van der Waals surface area contributed by atoms with E-state index in [9.17, 15) is 26.8 Å². The minimum atomic E-state index is -4.13. The minimum Gasteiger partial charge on any atom is -0.294 e. The van der Waals surface area contributed by atoms with Gasteiger partial charge in [0.25, 0.3) is 10.0 Å². The van der Waals surface area contributed by atoms with Crippen molar-refractivity contribution in [3.63, 3.8) is 0 Å². The number of amides is 1. The second-order valence-corrected chi connectivity index (χ2v) is 9.46. The van der Waals surface area contributed by atoms with Gasteiger partial charge in [0.15, 0.2) is 5.78 Å². The number of ketones is 1. The lowest BCUT2D eigenvalue weighted by Gasteiger charge is -2.20. The Labute approximate surface area is 169 Å². The predicted octanol–water partition coefficient (Wildman–Crippen LogP) is 4.04. The summed E-state index contributed by atoms with van der Waals surface area (Å²) in [6.45, 7) is 7.43. The third kappa shape index (κ3) is 5.69. The largest absolute Gasteiger partial charge is 0.294 e. The topological polar surface area (TPSA) is 80.3 Å². The van der Waals surface area contributed by atoms with Crippen LogP contribution < -0.4 is 4.72 Å². The van der Waals surface area contributed by atoms with E-state index in [1.165, 1.54) is 6.07 Å². The molecule has 0 radical (unpaired) electrons. The summed E-state index contributed by atoms with van der Waals surface area (Å²) in [5.74, 6) is -3.46.